The van der Waals surface area contributed by atoms with Crippen molar-refractivity contribution in [3.8, 4) is 0 Å². The summed E-state index contributed by atoms with van der Waals surface area (Å²) in [5.74, 6) is -1.00. The minimum atomic E-state index is -1.00. The van der Waals surface area contributed by atoms with Crippen LogP contribution in [0, 0.1) is 5.41 Å². The maximum Gasteiger partial charge on any atom is 0.354 e. The third-order valence-electron chi connectivity index (χ3n) is 4.46. The first-order valence-electron chi connectivity index (χ1n) is 8.05. The molecule has 2 rings (SSSR count). The largest absolute Gasteiger partial charge is 0.477 e. The fourth-order valence-electron chi connectivity index (χ4n) is 3.15. The molecule has 0 atom stereocenters. The molecule has 122 valence electrons. The molecule has 0 unspecified atom stereocenters. The van der Waals surface area contributed by atoms with Crippen LogP contribution in [-0.4, -0.2) is 16.1 Å². The molecule has 1 heterocycles. The Morgan fingerprint density at radius 3 is 2.65 bits per heavy atom. The number of aromatic carboxylic acids is 1. The highest BCUT2D eigenvalue weighted by molar-refractivity contribution is 5.85. The lowest BCUT2D eigenvalue weighted by Crippen LogP contribution is -2.19. The van der Waals surface area contributed by atoms with Crippen molar-refractivity contribution in [3.05, 3.63) is 58.5 Å². The van der Waals surface area contributed by atoms with Crippen LogP contribution in [0.4, 0.5) is 0 Å². The third-order valence-corrected chi connectivity index (χ3v) is 4.46. The van der Waals surface area contributed by atoms with Crippen molar-refractivity contribution in [2.45, 2.75) is 47.0 Å². The van der Waals surface area contributed by atoms with Gasteiger partial charge in [-0.3, -0.25) is 0 Å². The minimum absolute atomic E-state index is 0.0695. The fourth-order valence-corrected chi connectivity index (χ4v) is 3.15. The smallest absolute Gasteiger partial charge is 0.354 e. The normalized spacial score (nSPS) is 18.5. The summed E-state index contributed by atoms with van der Waals surface area (Å²) in [7, 11) is 0. The number of nitrogens with zero attached hydrogens (tertiary/aromatic N) is 1. The van der Waals surface area contributed by atoms with Gasteiger partial charge in [0, 0.05) is 6.20 Å². The van der Waals surface area contributed by atoms with Crippen molar-refractivity contribution in [1.82, 2.24) is 4.98 Å². The van der Waals surface area contributed by atoms with Crippen LogP contribution >= 0.6 is 0 Å². The third kappa shape index (κ3) is 4.41. The minimum Gasteiger partial charge on any atom is -0.477 e. The first kappa shape index (κ1) is 17.2. The Hall–Kier alpha value is -2.16. The summed E-state index contributed by atoms with van der Waals surface area (Å²) >= 11 is 0. The number of rotatable bonds is 4. The molecule has 1 aromatic rings. The molecule has 0 bridgehead atoms. The van der Waals surface area contributed by atoms with Crippen molar-refractivity contribution >= 4 is 12.0 Å². The molecule has 23 heavy (non-hydrogen) atoms. The second-order valence-electron chi connectivity index (χ2n) is 6.94. The Labute approximate surface area is 138 Å². The molecule has 0 saturated heterocycles. The van der Waals surface area contributed by atoms with Crippen LogP contribution in [0.2, 0.25) is 0 Å². The molecular weight excluding hydrogens is 286 g/mol. The summed E-state index contributed by atoms with van der Waals surface area (Å²) in [4.78, 5) is 14.7. The molecule has 1 aromatic heterocycles. The second-order valence-corrected chi connectivity index (χ2v) is 6.94. The standard InChI is InChI=1S/C20H25NO2/c1-14(12-16-8-10-18(19(22)23)21-13-16)7-9-17-15(2)6-5-11-20(17,3)4/h7-10,12-13H,5-6,11H2,1-4H3,(H,22,23). The van der Waals surface area contributed by atoms with Gasteiger partial charge in [-0.05, 0) is 55.7 Å². The Kier molecular flexibility index (Phi) is 5.19. The lowest BCUT2D eigenvalue weighted by Gasteiger charge is -2.32. The Morgan fingerprint density at radius 1 is 1.35 bits per heavy atom. The second kappa shape index (κ2) is 6.95. The van der Waals surface area contributed by atoms with Crippen LogP contribution in [0.25, 0.3) is 6.08 Å². The number of hydrogen-bond donors (Lipinski definition) is 1. The molecule has 3 nitrogen and oxygen atoms in total. The topological polar surface area (TPSA) is 50.2 Å². The van der Waals surface area contributed by atoms with Crippen LogP contribution in [0.5, 0.6) is 0 Å². The molecule has 0 fully saturated rings. The molecule has 0 aliphatic heterocycles. The monoisotopic (exact) mass is 311 g/mol. The van der Waals surface area contributed by atoms with E-state index < -0.39 is 5.97 Å². The predicted molar refractivity (Wildman–Crippen MR) is 94.3 cm³/mol. The first-order valence-corrected chi connectivity index (χ1v) is 8.05. The molecule has 0 aromatic carbocycles. The summed E-state index contributed by atoms with van der Waals surface area (Å²) < 4.78 is 0. The van der Waals surface area contributed by atoms with E-state index >= 15 is 0 Å². The van der Waals surface area contributed by atoms with E-state index in [1.165, 1.54) is 36.5 Å². The highest BCUT2D eigenvalue weighted by Crippen LogP contribution is 2.40. The number of aromatic nitrogens is 1. The Morgan fingerprint density at radius 2 is 2.09 bits per heavy atom. The number of carboxylic acid groups (broad SMARTS) is 1. The molecule has 1 N–H and O–H groups in total. The number of pyridine rings is 1. The zero-order chi connectivity index (χ0) is 17.0. The van der Waals surface area contributed by atoms with E-state index in [1.807, 2.05) is 13.0 Å². The quantitative estimate of drug-likeness (QED) is 0.771. The van der Waals surface area contributed by atoms with Gasteiger partial charge in [0.25, 0.3) is 0 Å². The zero-order valence-electron chi connectivity index (χ0n) is 14.4. The van der Waals surface area contributed by atoms with Gasteiger partial charge in [0.05, 0.1) is 0 Å². The van der Waals surface area contributed by atoms with E-state index in [0.29, 0.717) is 0 Å². The van der Waals surface area contributed by atoms with E-state index in [1.54, 1.807) is 12.3 Å². The number of carboxylic acids is 1. The average molecular weight is 311 g/mol. The first-order chi connectivity index (χ1) is 10.8. The molecule has 1 aliphatic carbocycles. The van der Waals surface area contributed by atoms with Gasteiger partial charge in [0.2, 0.25) is 0 Å². The van der Waals surface area contributed by atoms with Gasteiger partial charge in [-0.1, -0.05) is 49.3 Å². The highest BCUT2D eigenvalue weighted by Gasteiger charge is 2.26. The van der Waals surface area contributed by atoms with Gasteiger partial charge in [-0.15, -0.1) is 0 Å². The lowest BCUT2D eigenvalue weighted by molar-refractivity contribution is 0.0690. The van der Waals surface area contributed by atoms with Gasteiger partial charge in [-0.2, -0.15) is 0 Å². The summed E-state index contributed by atoms with van der Waals surface area (Å²) in [6, 6.07) is 3.31. The van der Waals surface area contributed by atoms with Crippen molar-refractivity contribution in [2.75, 3.05) is 0 Å². The highest BCUT2D eigenvalue weighted by atomic mass is 16.4. The van der Waals surface area contributed by atoms with Crippen LogP contribution in [0.1, 0.15) is 63.0 Å². The molecule has 0 saturated carbocycles. The maximum atomic E-state index is 10.8. The molecule has 0 spiro atoms. The number of allylic oxidation sites excluding steroid dienone is 5. The van der Waals surface area contributed by atoms with Gasteiger partial charge in [-0.25, -0.2) is 9.78 Å². The summed E-state index contributed by atoms with van der Waals surface area (Å²) in [5, 5.41) is 8.87. The van der Waals surface area contributed by atoms with E-state index in [2.05, 4.69) is 37.9 Å². The van der Waals surface area contributed by atoms with E-state index in [0.717, 1.165) is 11.1 Å². The van der Waals surface area contributed by atoms with Gasteiger partial charge < -0.3 is 5.11 Å². The van der Waals surface area contributed by atoms with Gasteiger partial charge in [0.15, 0.2) is 0 Å². The van der Waals surface area contributed by atoms with Crippen LogP contribution < -0.4 is 0 Å². The summed E-state index contributed by atoms with van der Waals surface area (Å²) in [5.41, 5.74) is 5.26. The number of hydrogen-bond acceptors (Lipinski definition) is 2. The summed E-state index contributed by atoms with van der Waals surface area (Å²) in [6.07, 6.45) is 11.7. The van der Waals surface area contributed by atoms with Gasteiger partial charge >= 0.3 is 5.97 Å². The van der Waals surface area contributed by atoms with E-state index in [-0.39, 0.29) is 11.1 Å². The zero-order valence-corrected chi connectivity index (χ0v) is 14.4. The Bertz CT molecular complexity index is 676. The molecular formula is C20H25NO2. The van der Waals surface area contributed by atoms with Crippen LogP contribution in [0.15, 0.2) is 47.2 Å². The molecule has 0 radical (unpaired) electrons. The maximum absolute atomic E-state index is 10.8. The molecule has 3 heteroatoms. The predicted octanol–water partition coefficient (Wildman–Crippen LogP) is 5.27. The summed E-state index contributed by atoms with van der Waals surface area (Å²) in [6.45, 7) is 8.90. The van der Waals surface area contributed by atoms with Crippen molar-refractivity contribution in [3.63, 3.8) is 0 Å². The van der Waals surface area contributed by atoms with Crippen molar-refractivity contribution < 1.29 is 9.90 Å². The van der Waals surface area contributed by atoms with Crippen molar-refractivity contribution in [1.29, 1.82) is 0 Å². The van der Waals surface area contributed by atoms with E-state index in [4.69, 9.17) is 5.11 Å². The molecule has 0 amide bonds. The van der Waals surface area contributed by atoms with E-state index in [9.17, 15) is 4.79 Å². The van der Waals surface area contributed by atoms with Crippen LogP contribution in [-0.2, 0) is 0 Å². The average Bonchev–Trinajstić information content (AvgIpc) is 2.46. The Balaban J connectivity index is 2.17. The fraction of sp³-hybridized carbons (Fsp3) is 0.400. The number of carbonyl (C=O) groups is 1. The molecule has 1 aliphatic rings. The lowest BCUT2D eigenvalue weighted by atomic mass is 9.72. The SMILES string of the molecule is CC(C=CC1=C(C)CCCC1(C)C)=Cc1ccc(C(=O)O)nc1. The van der Waals surface area contributed by atoms with Gasteiger partial charge in [0.1, 0.15) is 5.69 Å². The van der Waals surface area contributed by atoms with Crippen LogP contribution in [0.3, 0.4) is 0 Å². The van der Waals surface area contributed by atoms with Crippen molar-refractivity contribution in [2.24, 2.45) is 5.41 Å².